The first-order chi connectivity index (χ1) is 16.3. The summed E-state index contributed by atoms with van der Waals surface area (Å²) in [7, 11) is 3.27. The molecular weight excluding hydrogens is 416 g/mol. The van der Waals surface area contributed by atoms with Crippen molar-refractivity contribution >= 4 is 11.6 Å². The number of benzene rings is 3. The summed E-state index contributed by atoms with van der Waals surface area (Å²) in [4.78, 5) is 4.47. The topological polar surface area (TPSA) is 70.4 Å². The molecule has 0 amide bonds. The Kier molecular flexibility index (Phi) is 4.54. The Morgan fingerprint density at radius 1 is 0.879 bits per heavy atom. The summed E-state index contributed by atoms with van der Waals surface area (Å²) in [5.41, 5.74) is 5.11. The number of hydrogen-bond acceptors (Lipinski definition) is 6. The monoisotopic (exact) mass is 438 g/mol. The van der Waals surface area contributed by atoms with E-state index in [1.807, 2.05) is 59.3 Å². The molecule has 0 fully saturated rings. The predicted octanol–water partition coefficient (Wildman–Crippen LogP) is 4.86. The van der Waals surface area contributed by atoms with E-state index in [0.29, 0.717) is 17.4 Å². The van der Waals surface area contributed by atoms with Crippen LogP contribution in [0.4, 0.5) is 5.95 Å². The number of para-hydroxylation sites is 1. The zero-order valence-corrected chi connectivity index (χ0v) is 18.2. The first-order valence-corrected chi connectivity index (χ1v) is 10.7. The van der Waals surface area contributed by atoms with Gasteiger partial charge in [0.05, 0.1) is 19.9 Å². The first-order valence-electron chi connectivity index (χ1n) is 10.7. The molecule has 1 N–H and O–H groups in total. The summed E-state index contributed by atoms with van der Waals surface area (Å²) >= 11 is 0. The molecule has 0 unspecified atom stereocenters. The molecule has 7 heteroatoms. The minimum absolute atomic E-state index is 0.189. The second kappa shape index (κ2) is 7.70. The Bertz CT molecular complexity index is 1360. The van der Waals surface area contributed by atoms with E-state index in [4.69, 9.17) is 14.2 Å². The summed E-state index contributed by atoms with van der Waals surface area (Å²) in [6.07, 6.45) is 1.21. The molecule has 0 spiro atoms. The van der Waals surface area contributed by atoms with Gasteiger partial charge in [-0.05, 0) is 29.8 Å². The molecule has 6 rings (SSSR count). The predicted molar refractivity (Wildman–Crippen MR) is 125 cm³/mol. The molecule has 3 heterocycles. The molecule has 0 saturated carbocycles. The van der Waals surface area contributed by atoms with Crippen LogP contribution in [0.15, 0.2) is 84.7 Å². The normalized spacial score (nSPS) is 18.4. The highest BCUT2D eigenvalue weighted by Gasteiger charge is 2.41. The number of nitrogens with zero attached hydrogens (tertiary/aromatic N) is 3. The third-order valence-corrected chi connectivity index (χ3v) is 6.15. The molecule has 2 aliphatic heterocycles. The summed E-state index contributed by atoms with van der Waals surface area (Å²) in [6.45, 7) is 0. The van der Waals surface area contributed by atoms with Crippen LogP contribution < -0.4 is 19.5 Å². The van der Waals surface area contributed by atoms with Gasteiger partial charge in [0.1, 0.15) is 24.2 Å². The third kappa shape index (κ3) is 3.04. The highest BCUT2D eigenvalue weighted by molar-refractivity contribution is 5.85. The van der Waals surface area contributed by atoms with Crippen LogP contribution in [-0.4, -0.2) is 29.0 Å². The number of aromatic nitrogens is 3. The Labute approximate surface area is 191 Å². The van der Waals surface area contributed by atoms with Gasteiger partial charge in [0, 0.05) is 16.7 Å². The van der Waals surface area contributed by atoms with Crippen molar-refractivity contribution < 1.29 is 14.2 Å². The van der Waals surface area contributed by atoms with Gasteiger partial charge in [0.25, 0.3) is 0 Å². The van der Waals surface area contributed by atoms with Crippen LogP contribution in [0.25, 0.3) is 5.70 Å². The summed E-state index contributed by atoms with van der Waals surface area (Å²) < 4.78 is 19.6. The van der Waals surface area contributed by atoms with Gasteiger partial charge in [-0.3, -0.25) is 0 Å². The van der Waals surface area contributed by atoms with Crippen LogP contribution in [0.2, 0.25) is 0 Å². The van der Waals surface area contributed by atoms with Gasteiger partial charge in [-0.1, -0.05) is 48.5 Å². The van der Waals surface area contributed by atoms with Crippen molar-refractivity contribution in [3.63, 3.8) is 0 Å². The number of nitrogens with one attached hydrogen (secondary N) is 1. The fourth-order valence-corrected chi connectivity index (χ4v) is 4.66. The summed E-state index contributed by atoms with van der Waals surface area (Å²) in [5, 5.41) is 8.08. The lowest BCUT2D eigenvalue weighted by Gasteiger charge is -2.39. The molecule has 33 heavy (non-hydrogen) atoms. The quantitative estimate of drug-likeness (QED) is 0.491. The number of methoxy groups -OCH3 is 2. The molecular formula is C26H22N4O3. The van der Waals surface area contributed by atoms with Crippen LogP contribution in [-0.2, 0) is 0 Å². The lowest BCUT2D eigenvalue weighted by molar-refractivity contribution is 0.222. The van der Waals surface area contributed by atoms with E-state index in [2.05, 4.69) is 33.6 Å². The Hall–Kier alpha value is -4.26. The van der Waals surface area contributed by atoms with Gasteiger partial charge in [-0.15, -0.1) is 0 Å². The smallest absolute Gasteiger partial charge is 0.226 e. The van der Waals surface area contributed by atoms with Crippen molar-refractivity contribution in [2.24, 2.45) is 0 Å². The number of rotatable bonds is 4. The molecule has 0 bridgehead atoms. The van der Waals surface area contributed by atoms with Crippen molar-refractivity contribution in [3.8, 4) is 17.2 Å². The van der Waals surface area contributed by atoms with Gasteiger partial charge >= 0.3 is 0 Å². The van der Waals surface area contributed by atoms with E-state index < -0.39 is 0 Å². The zero-order valence-electron chi connectivity index (χ0n) is 18.2. The maximum Gasteiger partial charge on any atom is 0.226 e. The van der Waals surface area contributed by atoms with Crippen molar-refractivity contribution in [1.29, 1.82) is 0 Å². The number of hydrogen-bond donors (Lipinski definition) is 1. The molecule has 0 radical (unpaired) electrons. The van der Waals surface area contributed by atoms with Crippen molar-refractivity contribution in [3.05, 3.63) is 101 Å². The Balaban J connectivity index is 1.60. The summed E-state index contributed by atoms with van der Waals surface area (Å²) in [5.74, 6) is 2.83. The van der Waals surface area contributed by atoms with E-state index in [1.54, 1.807) is 20.5 Å². The maximum absolute atomic E-state index is 6.65. The molecule has 3 aromatic carbocycles. The molecule has 0 saturated heterocycles. The fourth-order valence-electron chi connectivity index (χ4n) is 4.66. The van der Waals surface area contributed by atoms with E-state index >= 15 is 0 Å². The molecule has 2 aliphatic rings. The summed E-state index contributed by atoms with van der Waals surface area (Å²) in [6, 6.07) is 24.1. The zero-order chi connectivity index (χ0) is 22.4. The number of ether oxygens (including phenoxy) is 3. The third-order valence-electron chi connectivity index (χ3n) is 6.15. The molecule has 7 nitrogen and oxygen atoms in total. The van der Waals surface area contributed by atoms with E-state index in [0.717, 1.165) is 33.7 Å². The minimum Gasteiger partial charge on any atom is -0.493 e. The van der Waals surface area contributed by atoms with E-state index in [9.17, 15) is 0 Å². The molecule has 1 aromatic heterocycles. The second-order valence-corrected chi connectivity index (χ2v) is 7.91. The first kappa shape index (κ1) is 19.4. The van der Waals surface area contributed by atoms with Crippen LogP contribution in [0.5, 0.6) is 17.2 Å². The van der Waals surface area contributed by atoms with Gasteiger partial charge in [0.2, 0.25) is 5.95 Å². The van der Waals surface area contributed by atoms with Gasteiger partial charge in [-0.25, -0.2) is 4.68 Å². The van der Waals surface area contributed by atoms with Gasteiger partial charge in [0.15, 0.2) is 11.5 Å². The van der Waals surface area contributed by atoms with Crippen LogP contribution >= 0.6 is 0 Å². The van der Waals surface area contributed by atoms with Crippen molar-refractivity contribution in [2.45, 2.75) is 12.1 Å². The van der Waals surface area contributed by atoms with E-state index in [-0.39, 0.29) is 12.1 Å². The van der Waals surface area contributed by atoms with Gasteiger partial charge in [-0.2, -0.15) is 10.1 Å². The largest absolute Gasteiger partial charge is 0.493 e. The van der Waals surface area contributed by atoms with Crippen molar-refractivity contribution in [2.75, 3.05) is 19.5 Å². The minimum atomic E-state index is -0.371. The average Bonchev–Trinajstić information content (AvgIpc) is 3.35. The lowest BCUT2D eigenvalue weighted by atomic mass is 9.84. The Morgan fingerprint density at radius 3 is 2.48 bits per heavy atom. The van der Waals surface area contributed by atoms with E-state index in [1.165, 1.54) is 0 Å². The molecule has 164 valence electrons. The molecule has 0 aliphatic carbocycles. The van der Waals surface area contributed by atoms with Crippen LogP contribution in [0.1, 0.15) is 28.8 Å². The standard InChI is InChI=1S/C26H22N4O3/c1-31-20-13-12-17(14-21(20)32-2)25-22-23(18-10-6-7-11-19(18)33-25)29-26-27-15-28-30(26)24(22)16-8-4-3-5-9-16/h3-15,24-25H,1-2H3,(H,27,28,29)/t24-,25-/m0/s1. The SMILES string of the molecule is COc1ccc([C@@H]2Oc3ccccc3C3=C2[C@H](c2ccccc2)n2ncnc2N3)cc1OC. The highest BCUT2D eigenvalue weighted by Crippen LogP contribution is 2.51. The average molecular weight is 438 g/mol. The molecule has 4 aromatic rings. The van der Waals surface area contributed by atoms with Gasteiger partial charge < -0.3 is 19.5 Å². The highest BCUT2D eigenvalue weighted by atomic mass is 16.5. The second-order valence-electron chi connectivity index (χ2n) is 7.91. The van der Waals surface area contributed by atoms with Crippen LogP contribution in [0.3, 0.4) is 0 Å². The fraction of sp³-hybridized carbons (Fsp3) is 0.154. The lowest BCUT2D eigenvalue weighted by Crippen LogP contribution is -2.32. The van der Waals surface area contributed by atoms with Crippen molar-refractivity contribution in [1.82, 2.24) is 14.8 Å². The molecule has 2 atom stereocenters. The number of fused-ring (bicyclic) bond motifs is 3. The number of anilines is 1. The maximum atomic E-state index is 6.65. The van der Waals surface area contributed by atoms with Crippen LogP contribution in [0, 0.1) is 0 Å². The Morgan fingerprint density at radius 2 is 1.67 bits per heavy atom.